The van der Waals surface area contributed by atoms with Gasteiger partial charge in [0.05, 0.1) is 6.17 Å². The van der Waals surface area contributed by atoms with Gasteiger partial charge in [-0.2, -0.15) is 0 Å². The van der Waals surface area contributed by atoms with E-state index in [1.807, 2.05) is 0 Å². The van der Waals surface area contributed by atoms with Crippen LogP contribution < -0.4 is 11.1 Å². The minimum atomic E-state index is 0.197. The number of nitrogens with zero attached hydrogens (tertiary/aromatic N) is 1. The standard InChI is InChI=1S/C14H31N3/c1-4-6-8-13-11-17(12(3)15)14(10-16-13)9-7-5-2/h12-14,16H,4-11,15H2,1-3H3. The molecule has 0 aromatic heterocycles. The highest BCUT2D eigenvalue weighted by Gasteiger charge is 2.28. The molecule has 0 aromatic rings. The Labute approximate surface area is 107 Å². The van der Waals surface area contributed by atoms with Crippen molar-refractivity contribution in [2.45, 2.75) is 77.5 Å². The van der Waals surface area contributed by atoms with Crippen molar-refractivity contribution in [3.63, 3.8) is 0 Å². The van der Waals surface area contributed by atoms with Gasteiger partial charge in [0.15, 0.2) is 0 Å². The van der Waals surface area contributed by atoms with E-state index in [9.17, 15) is 0 Å². The lowest BCUT2D eigenvalue weighted by Crippen LogP contribution is -2.60. The zero-order valence-electron chi connectivity index (χ0n) is 11.9. The molecule has 3 atom stereocenters. The van der Waals surface area contributed by atoms with Crippen molar-refractivity contribution in [1.82, 2.24) is 10.2 Å². The second-order valence-corrected chi connectivity index (χ2v) is 5.48. The average molecular weight is 241 g/mol. The van der Waals surface area contributed by atoms with Crippen LogP contribution in [0.4, 0.5) is 0 Å². The molecule has 0 amide bonds. The number of unbranched alkanes of at least 4 members (excludes halogenated alkanes) is 2. The third-order valence-electron chi connectivity index (χ3n) is 3.86. The Kier molecular flexibility index (Phi) is 7.09. The SMILES string of the molecule is CCCCC1CN(C(C)N)C(CCCC)CN1. The van der Waals surface area contributed by atoms with E-state index in [0.717, 1.165) is 13.1 Å². The maximum Gasteiger partial charge on any atom is 0.0546 e. The highest BCUT2D eigenvalue weighted by atomic mass is 15.3. The number of nitrogens with one attached hydrogen (secondary N) is 1. The molecule has 0 bridgehead atoms. The summed E-state index contributed by atoms with van der Waals surface area (Å²) in [5.74, 6) is 0. The van der Waals surface area contributed by atoms with Crippen LogP contribution in [0.5, 0.6) is 0 Å². The molecule has 1 fully saturated rings. The molecule has 0 aromatic carbocycles. The molecule has 3 unspecified atom stereocenters. The Morgan fingerprint density at radius 3 is 2.47 bits per heavy atom. The van der Waals surface area contributed by atoms with Crippen LogP contribution in [0.15, 0.2) is 0 Å². The van der Waals surface area contributed by atoms with Crippen LogP contribution in [-0.4, -0.2) is 36.2 Å². The van der Waals surface area contributed by atoms with Crippen LogP contribution in [0.2, 0.25) is 0 Å². The van der Waals surface area contributed by atoms with Gasteiger partial charge in [-0.25, -0.2) is 0 Å². The van der Waals surface area contributed by atoms with Gasteiger partial charge in [0.1, 0.15) is 0 Å². The van der Waals surface area contributed by atoms with Gasteiger partial charge in [0.25, 0.3) is 0 Å². The van der Waals surface area contributed by atoms with E-state index >= 15 is 0 Å². The fraction of sp³-hybridized carbons (Fsp3) is 1.00. The summed E-state index contributed by atoms with van der Waals surface area (Å²) in [5, 5.41) is 3.70. The van der Waals surface area contributed by atoms with Gasteiger partial charge in [-0.05, 0) is 19.8 Å². The second kappa shape index (κ2) is 8.06. The maximum atomic E-state index is 6.12. The van der Waals surface area contributed by atoms with Gasteiger partial charge in [-0.3, -0.25) is 4.90 Å². The summed E-state index contributed by atoms with van der Waals surface area (Å²) < 4.78 is 0. The zero-order valence-corrected chi connectivity index (χ0v) is 11.9. The van der Waals surface area contributed by atoms with E-state index in [1.54, 1.807) is 0 Å². The topological polar surface area (TPSA) is 41.3 Å². The zero-order chi connectivity index (χ0) is 12.7. The van der Waals surface area contributed by atoms with Gasteiger partial charge in [-0.1, -0.05) is 39.5 Å². The molecule has 0 saturated carbocycles. The smallest absolute Gasteiger partial charge is 0.0546 e. The molecule has 0 spiro atoms. The monoisotopic (exact) mass is 241 g/mol. The first-order valence-corrected chi connectivity index (χ1v) is 7.43. The molecule has 1 aliphatic rings. The number of piperazine rings is 1. The predicted octanol–water partition coefficient (Wildman–Crippen LogP) is 2.31. The molecule has 3 N–H and O–H groups in total. The number of hydrogen-bond acceptors (Lipinski definition) is 3. The van der Waals surface area contributed by atoms with Crippen molar-refractivity contribution in [2.24, 2.45) is 5.73 Å². The molecular formula is C14H31N3. The fourth-order valence-electron chi connectivity index (χ4n) is 2.74. The molecule has 1 heterocycles. The molecule has 3 nitrogen and oxygen atoms in total. The Bertz CT molecular complexity index is 194. The molecule has 0 radical (unpaired) electrons. The molecule has 1 aliphatic heterocycles. The highest BCUT2D eigenvalue weighted by molar-refractivity contribution is 4.87. The number of hydrogen-bond donors (Lipinski definition) is 2. The largest absolute Gasteiger partial charge is 0.316 e. The first kappa shape index (κ1) is 14.9. The van der Waals surface area contributed by atoms with Crippen LogP contribution in [0.3, 0.4) is 0 Å². The summed E-state index contributed by atoms with van der Waals surface area (Å²) in [6.07, 6.45) is 7.98. The summed E-state index contributed by atoms with van der Waals surface area (Å²) in [5.41, 5.74) is 6.12. The van der Waals surface area contributed by atoms with E-state index in [2.05, 4.69) is 31.0 Å². The first-order chi connectivity index (χ1) is 8.19. The van der Waals surface area contributed by atoms with E-state index < -0.39 is 0 Å². The molecule has 0 aliphatic carbocycles. The summed E-state index contributed by atoms with van der Waals surface area (Å²) >= 11 is 0. The van der Waals surface area contributed by atoms with Gasteiger partial charge < -0.3 is 11.1 Å². The third kappa shape index (κ3) is 4.94. The number of nitrogens with two attached hydrogens (primary N) is 1. The van der Waals surface area contributed by atoms with Crippen molar-refractivity contribution in [2.75, 3.05) is 13.1 Å². The van der Waals surface area contributed by atoms with Crippen LogP contribution in [0.25, 0.3) is 0 Å². The highest BCUT2D eigenvalue weighted by Crippen LogP contribution is 2.17. The van der Waals surface area contributed by atoms with Gasteiger partial charge in [-0.15, -0.1) is 0 Å². The summed E-state index contributed by atoms with van der Waals surface area (Å²) in [6, 6.07) is 1.30. The van der Waals surface area contributed by atoms with E-state index in [-0.39, 0.29) is 6.17 Å². The summed E-state index contributed by atoms with van der Waals surface area (Å²) in [6.45, 7) is 8.90. The lowest BCUT2D eigenvalue weighted by molar-refractivity contribution is 0.0818. The molecule has 102 valence electrons. The second-order valence-electron chi connectivity index (χ2n) is 5.48. The molecular weight excluding hydrogens is 210 g/mol. The lowest BCUT2D eigenvalue weighted by atomic mass is 10.00. The average Bonchev–Trinajstić information content (AvgIpc) is 2.34. The lowest BCUT2D eigenvalue weighted by Gasteiger charge is -2.42. The minimum Gasteiger partial charge on any atom is -0.316 e. The summed E-state index contributed by atoms with van der Waals surface area (Å²) in [4.78, 5) is 2.51. The fourth-order valence-corrected chi connectivity index (χ4v) is 2.74. The quantitative estimate of drug-likeness (QED) is 0.719. The van der Waals surface area contributed by atoms with Gasteiger partial charge in [0.2, 0.25) is 0 Å². The molecule has 3 heteroatoms. The van der Waals surface area contributed by atoms with Crippen molar-refractivity contribution < 1.29 is 0 Å². The normalized spacial score (nSPS) is 28.2. The van der Waals surface area contributed by atoms with Crippen LogP contribution in [0.1, 0.15) is 59.3 Å². The number of rotatable bonds is 7. The maximum absolute atomic E-state index is 6.12. The van der Waals surface area contributed by atoms with Crippen LogP contribution in [-0.2, 0) is 0 Å². The third-order valence-corrected chi connectivity index (χ3v) is 3.86. The van der Waals surface area contributed by atoms with E-state index in [1.165, 1.54) is 38.5 Å². The van der Waals surface area contributed by atoms with E-state index in [4.69, 9.17) is 5.73 Å². The minimum absolute atomic E-state index is 0.197. The molecule has 17 heavy (non-hydrogen) atoms. The molecule has 1 saturated heterocycles. The Balaban J connectivity index is 2.43. The van der Waals surface area contributed by atoms with Crippen LogP contribution >= 0.6 is 0 Å². The first-order valence-electron chi connectivity index (χ1n) is 7.43. The molecule has 1 rings (SSSR count). The van der Waals surface area contributed by atoms with Crippen molar-refractivity contribution in [1.29, 1.82) is 0 Å². The van der Waals surface area contributed by atoms with E-state index in [0.29, 0.717) is 12.1 Å². The Morgan fingerprint density at radius 1 is 1.24 bits per heavy atom. The predicted molar refractivity (Wildman–Crippen MR) is 75.0 cm³/mol. The van der Waals surface area contributed by atoms with Gasteiger partial charge >= 0.3 is 0 Å². The van der Waals surface area contributed by atoms with Crippen molar-refractivity contribution >= 4 is 0 Å². The van der Waals surface area contributed by atoms with Gasteiger partial charge in [0, 0.05) is 25.2 Å². The Hall–Kier alpha value is -0.120. The summed E-state index contributed by atoms with van der Waals surface area (Å²) in [7, 11) is 0. The van der Waals surface area contributed by atoms with Crippen molar-refractivity contribution in [3.05, 3.63) is 0 Å². The van der Waals surface area contributed by atoms with Crippen LogP contribution in [0, 0.1) is 0 Å². The Morgan fingerprint density at radius 2 is 1.88 bits per heavy atom. The van der Waals surface area contributed by atoms with Crippen molar-refractivity contribution in [3.8, 4) is 0 Å².